The first-order chi connectivity index (χ1) is 16.6. The topological polar surface area (TPSA) is 121 Å². The maximum Gasteiger partial charge on any atom is 0.411 e. The van der Waals surface area contributed by atoms with Crippen LogP contribution in [0.2, 0.25) is 0 Å². The number of amides is 2. The third kappa shape index (κ3) is 10.7. The van der Waals surface area contributed by atoms with Crippen molar-refractivity contribution in [1.82, 2.24) is 5.32 Å². The van der Waals surface area contributed by atoms with Gasteiger partial charge in [0.1, 0.15) is 35.6 Å². The minimum Gasteiger partial charge on any atom is -0.489 e. The minimum atomic E-state index is -0.650. The smallest absolute Gasteiger partial charge is 0.411 e. The van der Waals surface area contributed by atoms with E-state index < -0.39 is 17.6 Å². The molecule has 190 valence electrons. The summed E-state index contributed by atoms with van der Waals surface area (Å²) in [6, 6.07) is 14.5. The van der Waals surface area contributed by atoms with Crippen LogP contribution in [0.5, 0.6) is 11.5 Å². The molecule has 3 N–H and O–H groups in total. The molecule has 0 aliphatic rings. The zero-order valence-electron chi connectivity index (χ0n) is 20.7. The number of hydrogen-bond donors (Lipinski definition) is 2. The molecule has 9 heteroatoms. The number of hydrogen-bond acceptors (Lipinski definition) is 6. The Morgan fingerprint density at radius 2 is 1.83 bits per heavy atom. The molecule has 0 aliphatic heterocycles. The van der Waals surface area contributed by atoms with Crippen LogP contribution in [-0.2, 0) is 16.1 Å². The average molecular weight is 486 g/mol. The summed E-state index contributed by atoms with van der Waals surface area (Å²) in [7, 11) is 1.58. The summed E-state index contributed by atoms with van der Waals surface area (Å²) >= 11 is 0. The second-order valence-electron chi connectivity index (χ2n) is 8.67. The molecule has 9 nitrogen and oxygen atoms in total. The molecule has 2 aromatic rings. The fourth-order valence-corrected chi connectivity index (χ4v) is 2.81. The fourth-order valence-electron chi connectivity index (χ4n) is 2.81. The number of amidine groups is 1. The number of nitrogens with one attached hydrogen (secondary N) is 1. The predicted octanol–water partition coefficient (Wildman–Crippen LogP) is 4.46. The number of alkyl carbamates (subject to hydrolysis) is 1. The molecule has 0 heterocycles. The van der Waals surface area contributed by atoms with Gasteiger partial charge >= 0.3 is 6.09 Å². The Morgan fingerprint density at radius 1 is 1.14 bits per heavy atom. The van der Waals surface area contributed by atoms with E-state index >= 15 is 0 Å². The first-order valence-electron chi connectivity index (χ1n) is 11.1. The highest BCUT2D eigenvalue weighted by atomic mass is 16.6. The van der Waals surface area contributed by atoms with Crippen molar-refractivity contribution in [3.05, 3.63) is 71.9 Å². The zero-order valence-corrected chi connectivity index (χ0v) is 20.7. The van der Waals surface area contributed by atoms with Crippen LogP contribution in [0.15, 0.2) is 65.8 Å². The normalized spacial score (nSPS) is 12.8. The van der Waals surface area contributed by atoms with E-state index in [-0.39, 0.29) is 18.9 Å². The number of nitrogens with two attached hydrogens (primary N) is 1. The third-order valence-electron chi connectivity index (χ3n) is 4.20. The van der Waals surface area contributed by atoms with Crippen LogP contribution >= 0.6 is 0 Å². The molecular formula is C26H35N3O6. The van der Waals surface area contributed by atoms with Gasteiger partial charge in [0.15, 0.2) is 0 Å². The van der Waals surface area contributed by atoms with Crippen molar-refractivity contribution in [3.63, 3.8) is 0 Å². The monoisotopic (exact) mass is 485 g/mol. The first-order valence-corrected chi connectivity index (χ1v) is 11.1. The van der Waals surface area contributed by atoms with Crippen molar-refractivity contribution in [2.45, 2.75) is 46.0 Å². The molecule has 0 saturated carbocycles. The van der Waals surface area contributed by atoms with E-state index in [1.807, 2.05) is 37.3 Å². The SMILES string of the molecule is COC[C@H](C)Oc1cc(OCc2ccccc2)cc(C(=O)N=C(N)/C=C\NC(=O)OC(C)(C)C)c1.[HH]. The number of ether oxygens (including phenoxy) is 4. The van der Waals surface area contributed by atoms with Crippen LogP contribution in [0.4, 0.5) is 4.79 Å². The van der Waals surface area contributed by atoms with Crippen LogP contribution in [-0.4, -0.2) is 43.3 Å². The van der Waals surface area contributed by atoms with Gasteiger partial charge in [0, 0.05) is 26.4 Å². The van der Waals surface area contributed by atoms with E-state index in [1.165, 1.54) is 12.3 Å². The molecule has 2 amide bonds. The number of methoxy groups -OCH3 is 1. The Balaban J connectivity index is 0.00000648. The number of nitrogens with zero attached hydrogens (tertiary/aromatic N) is 1. The van der Waals surface area contributed by atoms with Gasteiger partial charge in [-0.1, -0.05) is 30.3 Å². The molecule has 0 saturated heterocycles. The molecular weight excluding hydrogens is 450 g/mol. The standard InChI is InChI=1S/C26H33N3O6.H2/c1-18(16-32-5)34-22-14-20(13-21(15-22)33-17-19-9-7-6-8-10-19)24(30)29-23(27)11-12-28-25(31)35-26(2,3)4;/h6-15,18H,16-17H2,1-5H3,(H,28,31)(H2,27,29,30);1H/b12-11-;/t18-;/m0./s1. The Hall–Kier alpha value is -3.85. The van der Waals surface area contributed by atoms with Crippen molar-refractivity contribution < 1.29 is 30.0 Å². The molecule has 2 aromatic carbocycles. The summed E-state index contributed by atoms with van der Waals surface area (Å²) in [4.78, 5) is 28.3. The lowest BCUT2D eigenvalue weighted by Crippen LogP contribution is -2.30. The highest BCUT2D eigenvalue weighted by molar-refractivity contribution is 6.06. The predicted molar refractivity (Wildman–Crippen MR) is 136 cm³/mol. The molecule has 0 bridgehead atoms. The second-order valence-corrected chi connectivity index (χ2v) is 8.67. The number of rotatable bonds is 10. The van der Waals surface area contributed by atoms with E-state index in [1.54, 1.807) is 46.1 Å². The van der Waals surface area contributed by atoms with Gasteiger partial charge in [-0.15, -0.1) is 0 Å². The summed E-state index contributed by atoms with van der Waals surface area (Å²) in [6.07, 6.45) is 1.64. The van der Waals surface area contributed by atoms with Crippen LogP contribution in [0.3, 0.4) is 0 Å². The van der Waals surface area contributed by atoms with Gasteiger partial charge in [-0.25, -0.2) is 4.79 Å². The molecule has 0 radical (unpaired) electrons. The molecule has 0 aromatic heterocycles. The highest BCUT2D eigenvalue weighted by Crippen LogP contribution is 2.25. The van der Waals surface area contributed by atoms with Gasteiger partial charge < -0.3 is 24.7 Å². The number of carbonyl (C=O) groups is 2. The van der Waals surface area contributed by atoms with Crippen molar-refractivity contribution in [1.29, 1.82) is 0 Å². The number of carbonyl (C=O) groups excluding carboxylic acids is 2. The van der Waals surface area contributed by atoms with Gasteiger partial charge in [0.05, 0.1) is 6.61 Å². The van der Waals surface area contributed by atoms with Crippen molar-refractivity contribution in [2.24, 2.45) is 10.7 Å². The van der Waals surface area contributed by atoms with E-state index in [4.69, 9.17) is 24.7 Å². The average Bonchev–Trinajstić information content (AvgIpc) is 2.77. The van der Waals surface area contributed by atoms with Crippen LogP contribution < -0.4 is 20.5 Å². The summed E-state index contributed by atoms with van der Waals surface area (Å²) in [5.41, 5.74) is 6.40. The van der Waals surface area contributed by atoms with Gasteiger partial charge in [-0.3, -0.25) is 10.1 Å². The van der Waals surface area contributed by atoms with Crippen molar-refractivity contribution >= 4 is 17.8 Å². The molecule has 0 aliphatic carbocycles. The Bertz CT molecular complexity index is 1050. The maximum atomic E-state index is 12.8. The van der Waals surface area contributed by atoms with Crippen LogP contribution in [0.1, 0.15) is 45.0 Å². The Morgan fingerprint density at radius 3 is 2.49 bits per heavy atom. The van der Waals surface area contributed by atoms with E-state index in [0.717, 1.165) is 5.56 Å². The Labute approximate surface area is 207 Å². The zero-order chi connectivity index (χ0) is 25.8. The first kappa shape index (κ1) is 27.4. The Kier molecular flexibility index (Phi) is 10.3. The summed E-state index contributed by atoms with van der Waals surface area (Å²) in [6.45, 7) is 7.78. The molecule has 35 heavy (non-hydrogen) atoms. The molecule has 0 unspecified atom stereocenters. The van der Waals surface area contributed by atoms with Crippen molar-refractivity contribution in [3.8, 4) is 11.5 Å². The van der Waals surface area contributed by atoms with Crippen molar-refractivity contribution in [2.75, 3.05) is 13.7 Å². The minimum absolute atomic E-state index is 0. The lowest BCUT2D eigenvalue weighted by atomic mass is 10.2. The van der Waals surface area contributed by atoms with Gasteiger partial charge in [-0.05, 0) is 51.5 Å². The third-order valence-corrected chi connectivity index (χ3v) is 4.20. The van der Waals surface area contributed by atoms with Crippen LogP contribution in [0, 0.1) is 0 Å². The number of aliphatic imine (C=N–C) groups is 1. The summed E-state index contributed by atoms with van der Waals surface area (Å²) in [5, 5.41) is 2.40. The molecule has 2 rings (SSSR count). The summed E-state index contributed by atoms with van der Waals surface area (Å²) < 4.78 is 22.0. The maximum absolute atomic E-state index is 12.8. The quantitative estimate of drug-likeness (QED) is 0.376. The van der Waals surface area contributed by atoms with Gasteiger partial charge in [0.25, 0.3) is 5.91 Å². The molecule has 0 spiro atoms. The summed E-state index contributed by atoms with van der Waals surface area (Å²) in [5.74, 6) is 0.172. The van der Waals surface area contributed by atoms with E-state index in [9.17, 15) is 9.59 Å². The van der Waals surface area contributed by atoms with Crippen LogP contribution in [0.25, 0.3) is 0 Å². The van der Waals surface area contributed by atoms with E-state index in [0.29, 0.717) is 24.7 Å². The molecule has 0 fully saturated rings. The number of benzene rings is 2. The largest absolute Gasteiger partial charge is 0.489 e. The second kappa shape index (κ2) is 13.1. The lowest BCUT2D eigenvalue weighted by Gasteiger charge is -2.18. The lowest BCUT2D eigenvalue weighted by molar-refractivity contribution is 0.0552. The highest BCUT2D eigenvalue weighted by Gasteiger charge is 2.15. The van der Waals surface area contributed by atoms with Gasteiger partial charge in [-0.2, -0.15) is 4.99 Å². The van der Waals surface area contributed by atoms with E-state index in [2.05, 4.69) is 10.3 Å². The van der Waals surface area contributed by atoms with Gasteiger partial charge in [0.2, 0.25) is 0 Å². The fraction of sp³-hybridized carbons (Fsp3) is 0.346. The molecule has 1 atom stereocenters.